The monoisotopic (exact) mass is 350 g/mol. The summed E-state index contributed by atoms with van der Waals surface area (Å²) < 4.78 is 16.6. The first-order valence-corrected chi connectivity index (χ1v) is 10.6. The Kier molecular flexibility index (Phi) is 5.22. The van der Waals surface area contributed by atoms with Gasteiger partial charge in [-0.25, -0.2) is 0 Å². The van der Waals surface area contributed by atoms with E-state index in [9.17, 15) is 9.18 Å². The third kappa shape index (κ3) is 3.24. The van der Waals surface area contributed by atoms with Gasteiger partial charge in [-0.1, -0.05) is 57.7 Å². The maximum Gasteiger partial charge on any atom is 0.179 e. The molecule has 1 nitrogen and oxygen atoms in total. The van der Waals surface area contributed by atoms with Crippen molar-refractivity contribution in [3.05, 3.63) is 34.0 Å². The van der Waals surface area contributed by atoms with Crippen LogP contribution in [0.1, 0.15) is 46.0 Å². The van der Waals surface area contributed by atoms with E-state index in [4.69, 9.17) is 0 Å². The maximum absolute atomic E-state index is 14.8. The van der Waals surface area contributed by atoms with Gasteiger partial charge in [0.05, 0.1) is 4.53 Å². The lowest BCUT2D eigenvalue weighted by Crippen LogP contribution is -2.15. The molecule has 124 valence electrons. The van der Waals surface area contributed by atoms with E-state index >= 15 is 0 Å². The third-order valence-electron chi connectivity index (χ3n) is 4.57. The summed E-state index contributed by atoms with van der Waals surface area (Å²) in [5.74, 6) is 0.404. The lowest BCUT2D eigenvalue weighted by atomic mass is 9.97. The molecule has 0 bridgehead atoms. The molecule has 0 saturated carbocycles. The molecular weight excluding hydrogens is 327 g/mol. The van der Waals surface area contributed by atoms with Crippen LogP contribution >= 0.6 is 22.2 Å². The smallest absolute Gasteiger partial charge is 0.179 e. The summed E-state index contributed by atoms with van der Waals surface area (Å²) >= 11 is 1.47. The van der Waals surface area contributed by atoms with Crippen LogP contribution in [-0.4, -0.2) is 5.12 Å². The van der Waals surface area contributed by atoms with Gasteiger partial charge in [0, 0.05) is 21.7 Å². The van der Waals surface area contributed by atoms with Crippen molar-refractivity contribution in [2.75, 3.05) is 0 Å². The fourth-order valence-electron chi connectivity index (χ4n) is 3.11. The molecule has 23 heavy (non-hydrogen) atoms. The van der Waals surface area contributed by atoms with Crippen molar-refractivity contribution in [3.8, 4) is 0 Å². The molecule has 0 amide bonds. The van der Waals surface area contributed by atoms with Gasteiger partial charge >= 0.3 is 0 Å². The molecule has 1 aliphatic heterocycles. The topological polar surface area (TPSA) is 17.1 Å². The van der Waals surface area contributed by atoms with Crippen LogP contribution in [0.2, 0.25) is 0 Å². The molecule has 0 N–H and O–H groups in total. The van der Waals surface area contributed by atoms with Crippen LogP contribution < -0.4 is 9.75 Å². The standard InChI is InChI=1S/C19H23FOS2/c1-3-5-8-13(4-2)11-17(21)23-12-15-14-9-6-7-10-16(14)22-18(15)19(23)20/h6-7,9-10,12-13,23H,3-5,8,11H2,1-2H3. The number of benzene rings is 1. The molecule has 2 unspecified atom stereocenters. The molecule has 0 fully saturated rings. The normalized spacial score (nSPS) is 19.6. The summed E-state index contributed by atoms with van der Waals surface area (Å²) in [5, 5.41) is 3.87. The summed E-state index contributed by atoms with van der Waals surface area (Å²) in [6.07, 6.45) is 4.90. The number of thiophene rings is 1. The predicted octanol–water partition coefficient (Wildman–Crippen LogP) is 4.82. The first kappa shape index (κ1) is 16.7. The molecule has 0 spiro atoms. The Bertz CT molecular complexity index is 837. The highest BCUT2D eigenvalue weighted by molar-refractivity contribution is 8.42. The van der Waals surface area contributed by atoms with Crippen LogP contribution in [0.25, 0.3) is 20.7 Å². The molecule has 2 atom stereocenters. The number of hydrogen-bond acceptors (Lipinski definition) is 2. The molecule has 0 aliphatic carbocycles. The second kappa shape index (κ2) is 7.18. The SMILES string of the molecule is CCCCC(CC)CC(=O)[SH]1C=c2c(sc3ccccc23)=C1F. The van der Waals surface area contributed by atoms with Gasteiger partial charge in [0.25, 0.3) is 0 Å². The van der Waals surface area contributed by atoms with Gasteiger partial charge in [-0.15, -0.1) is 22.2 Å². The minimum absolute atomic E-state index is 0.105. The second-order valence-electron chi connectivity index (χ2n) is 6.15. The summed E-state index contributed by atoms with van der Waals surface area (Å²) in [5.41, 5.74) is 0. The van der Waals surface area contributed by atoms with Gasteiger partial charge in [-0.3, -0.25) is 4.79 Å². The molecule has 0 radical (unpaired) electrons. The molecule has 4 heteroatoms. The van der Waals surface area contributed by atoms with Gasteiger partial charge in [-0.2, -0.15) is 4.39 Å². The van der Waals surface area contributed by atoms with E-state index in [1.807, 2.05) is 29.7 Å². The lowest BCUT2D eigenvalue weighted by Gasteiger charge is -2.17. The second-order valence-corrected chi connectivity index (χ2v) is 9.09. The van der Waals surface area contributed by atoms with Gasteiger partial charge in [0.1, 0.15) is 0 Å². The highest BCUT2D eigenvalue weighted by Crippen LogP contribution is 2.44. The first-order chi connectivity index (χ1) is 11.2. The van der Waals surface area contributed by atoms with Crippen LogP contribution in [-0.2, 0) is 4.79 Å². The Hall–Kier alpha value is -1.13. The fourth-order valence-corrected chi connectivity index (χ4v) is 6.45. The summed E-state index contributed by atoms with van der Waals surface area (Å²) in [6, 6.07) is 7.98. The number of carbonyl (C=O) groups is 1. The molecule has 2 heterocycles. The number of halogens is 1. The van der Waals surface area contributed by atoms with Crippen molar-refractivity contribution >= 4 is 48.0 Å². The van der Waals surface area contributed by atoms with Gasteiger partial charge in [0.15, 0.2) is 10.3 Å². The Labute approximate surface area is 143 Å². The Morgan fingerprint density at radius 3 is 2.83 bits per heavy atom. The predicted molar refractivity (Wildman–Crippen MR) is 102 cm³/mol. The zero-order valence-electron chi connectivity index (χ0n) is 13.6. The third-order valence-corrected chi connectivity index (χ3v) is 7.78. The van der Waals surface area contributed by atoms with E-state index in [0.29, 0.717) is 16.9 Å². The van der Waals surface area contributed by atoms with E-state index in [1.165, 1.54) is 11.3 Å². The average Bonchev–Trinajstić information content (AvgIpc) is 3.08. The number of hydrogen-bond donors (Lipinski definition) is 1. The average molecular weight is 351 g/mol. The van der Waals surface area contributed by atoms with Gasteiger partial charge in [-0.05, 0) is 17.4 Å². The van der Waals surface area contributed by atoms with E-state index in [1.54, 1.807) is 0 Å². The van der Waals surface area contributed by atoms with Gasteiger partial charge < -0.3 is 0 Å². The zero-order valence-corrected chi connectivity index (χ0v) is 15.4. The summed E-state index contributed by atoms with van der Waals surface area (Å²) in [4.78, 5) is 12.6. The maximum atomic E-state index is 14.8. The lowest BCUT2D eigenvalue weighted by molar-refractivity contribution is -0.111. The van der Waals surface area contributed by atoms with Crippen molar-refractivity contribution in [2.24, 2.45) is 5.92 Å². The Balaban J connectivity index is 1.85. The molecule has 1 aliphatic rings. The molecular formula is C19H23FOS2. The highest BCUT2D eigenvalue weighted by atomic mass is 32.2. The van der Waals surface area contributed by atoms with Crippen LogP contribution in [0.15, 0.2) is 24.3 Å². The number of thiol groups is 1. The first-order valence-electron chi connectivity index (χ1n) is 8.37. The van der Waals surface area contributed by atoms with Crippen LogP contribution in [0.4, 0.5) is 4.39 Å². The van der Waals surface area contributed by atoms with E-state index in [2.05, 4.69) is 13.8 Å². The van der Waals surface area contributed by atoms with Crippen LogP contribution in [0, 0.1) is 5.92 Å². The number of carbonyl (C=O) groups excluding carboxylic acids is 1. The Morgan fingerprint density at radius 1 is 1.30 bits per heavy atom. The molecule has 1 aromatic heterocycles. The van der Waals surface area contributed by atoms with Crippen molar-refractivity contribution in [2.45, 2.75) is 46.0 Å². The number of rotatable bonds is 6. The van der Waals surface area contributed by atoms with E-state index < -0.39 is 10.9 Å². The van der Waals surface area contributed by atoms with Crippen molar-refractivity contribution in [1.29, 1.82) is 0 Å². The molecule has 1 aromatic carbocycles. The minimum Gasteiger partial charge on any atom is -0.288 e. The minimum atomic E-state index is -1.39. The largest absolute Gasteiger partial charge is 0.288 e. The molecule has 2 aromatic rings. The fraction of sp³-hybridized carbons (Fsp3) is 0.421. The zero-order chi connectivity index (χ0) is 16.4. The van der Waals surface area contributed by atoms with Crippen molar-refractivity contribution in [3.63, 3.8) is 0 Å². The number of fused-ring (bicyclic) bond motifs is 3. The highest BCUT2D eigenvalue weighted by Gasteiger charge is 2.25. The van der Waals surface area contributed by atoms with Crippen LogP contribution in [0.5, 0.6) is 0 Å². The molecule has 3 rings (SSSR count). The van der Waals surface area contributed by atoms with Crippen molar-refractivity contribution < 1.29 is 9.18 Å². The van der Waals surface area contributed by atoms with Crippen molar-refractivity contribution in [1.82, 2.24) is 0 Å². The van der Waals surface area contributed by atoms with Crippen LogP contribution in [0.3, 0.4) is 0 Å². The quantitative estimate of drug-likeness (QED) is 0.739. The van der Waals surface area contributed by atoms with E-state index in [-0.39, 0.29) is 10.3 Å². The Morgan fingerprint density at radius 2 is 2.09 bits per heavy atom. The number of unbranched alkanes of at least 4 members (excludes halogenated alkanes) is 1. The summed E-state index contributed by atoms with van der Waals surface area (Å²) in [7, 11) is -1.39. The summed E-state index contributed by atoms with van der Waals surface area (Å²) in [6.45, 7) is 4.30. The van der Waals surface area contributed by atoms with Gasteiger partial charge in [0.2, 0.25) is 0 Å². The molecule has 0 saturated heterocycles. The van der Waals surface area contributed by atoms with E-state index in [0.717, 1.165) is 41.0 Å².